The van der Waals surface area contributed by atoms with Gasteiger partial charge in [0.05, 0.1) is 12.6 Å². The Morgan fingerprint density at radius 3 is 3.20 bits per heavy atom. The number of carbonyl (C=O) groups excluding carboxylic acids is 1. The molecule has 0 saturated carbocycles. The Morgan fingerprint density at radius 2 is 2.53 bits per heavy atom. The number of carbonyl (C=O) groups is 1. The molecule has 5 heteroatoms. The molecule has 1 fully saturated rings. The second-order valence-corrected chi connectivity index (χ2v) is 3.40. The second kappa shape index (κ2) is 4.35. The van der Waals surface area contributed by atoms with Crippen LogP contribution in [0, 0.1) is 5.95 Å². The van der Waals surface area contributed by atoms with Crippen molar-refractivity contribution in [3.63, 3.8) is 0 Å². The van der Waals surface area contributed by atoms with Gasteiger partial charge >= 0.3 is 0 Å². The van der Waals surface area contributed by atoms with Crippen LogP contribution in [0.15, 0.2) is 18.3 Å². The molecule has 80 valence electrons. The molecule has 1 amide bonds. The van der Waals surface area contributed by atoms with Crippen LogP contribution in [0.4, 0.5) is 4.39 Å². The molecular weight excluding hydrogens is 199 g/mol. The number of hydrogen-bond acceptors (Lipinski definition) is 3. The highest BCUT2D eigenvalue weighted by molar-refractivity contribution is 5.94. The molecule has 1 aliphatic heterocycles. The molecule has 2 heterocycles. The zero-order valence-corrected chi connectivity index (χ0v) is 8.07. The summed E-state index contributed by atoms with van der Waals surface area (Å²) in [6, 6.07) is 2.63. The summed E-state index contributed by atoms with van der Waals surface area (Å²) in [5, 5.41) is 2.76. The Balaban J connectivity index is 2.01. The number of aromatic nitrogens is 1. The van der Waals surface area contributed by atoms with E-state index < -0.39 is 5.95 Å². The first-order chi connectivity index (χ1) is 7.25. The van der Waals surface area contributed by atoms with Crippen LogP contribution in [0.5, 0.6) is 0 Å². The second-order valence-electron chi connectivity index (χ2n) is 3.40. The van der Waals surface area contributed by atoms with E-state index in [9.17, 15) is 9.18 Å². The van der Waals surface area contributed by atoms with E-state index in [-0.39, 0.29) is 17.5 Å². The lowest BCUT2D eigenvalue weighted by Gasteiger charge is -2.10. The third-order valence-electron chi connectivity index (χ3n) is 2.25. The molecular formula is C10H11FN2O2. The third kappa shape index (κ3) is 2.50. The summed E-state index contributed by atoms with van der Waals surface area (Å²) in [7, 11) is 0. The van der Waals surface area contributed by atoms with Crippen LogP contribution >= 0.6 is 0 Å². The zero-order chi connectivity index (χ0) is 10.7. The van der Waals surface area contributed by atoms with E-state index in [1.165, 1.54) is 12.3 Å². The van der Waals surface area contributed by atoms with Gasteiger partial charge in [0.1, 0.15) is 0 Å². The highest BCUT2D eigenvalue weighted by Crippen LogP contribution is 2.06. The van der Waals surface area contributed by atoms with Crippen molar-refractivity contribution in [1.82, 2.24) is 10.3 Å². The summed E-state index contributed by atoms with van der Waals surface area (Å²) >= 11 is 0. The Bertz CT molecular complexity index is 364. The van der Waals surface area contributed by atoms with Crippen molar-refractivity contribution in [2.45, 2.75) is 12.5 Å². The van der Waals surface area contributed by atoms with Gasteiger partial charge in [-0.05, 0) is 12.5 Å². The van der Waals surface area contributed by atoms with Gasteiger partial charge in [-0.15, -0.1) is 0 Å². The number of rotatable bonds is 2. The van der Waals surface area contributed by atoms with Crippen molar-refractivity contribution in [1.29, 1.82) is 0 Å². The van der Waals surface area contributed by atoms with Crippen LogP contribution in [-0.4, -0.2) is 30.1 Å². The van der Waals surface area contributed by atoms with Gasteiger partial charge in [-0.1, -0.05) is 0 Å². The zero-order valence-electron chi connectivity index (χ0n) is 8.07. The predicted octanol–water partition coefficient (Wildman–Crippen LogP) is 0.739. The van der Waals surface area contributed by atoms with Crippen molar-refractivity contribution in [3.05, 3.63) is 29.8 Å². The van der Waals surface area contributed by atoms with Gasteiger partial charge in [0, 0.05) is 24.4 Å². The number of amides is 1. The number of nitrogens with one attached hydrogen (secondary N) is 1. The van der Waals surface area contributed by atoms with Gasteiger partial charge in [-0.25, -0.2) is 4.98 Å². The fourth-order valence-electron chi connectivity index (χ4n) is 1.46. The lowest BCUT2D eigenvalue weighted by molar-refractivity contribution is 0.0929. The number of hydrogen-bond donors (Lipinski definition) is 1. The lowest BCUT2D eigenvalue weighted by atomic mass is 10.2. The van der Waals surface area contributed by atoms with Gasteiger partial charge < -0.3 is 10.1 Å². The number of halogens is 1. The molecule has 0 spiro atoms. The SMILES string of the molecule is O=C(NC1CCOC1)c1ccnc(F)c1. The average Bonchev–Trinajstić information content (AvgIpc) is 2.70. The predicted molar refractivity (Wildman–Crippen MR) is 50.9 cm³/mol. The molecule has 1 atom stereocenters. The number of nitrogens with zero attached hydrogens (tertiary/aromatic N) is 1. The van der Waals surface area contributed by atoms with Crippen molar-refractivity contribution in [2.75, 3.05) is 13.2 Å². The van der Waals surface area contributed by atoms with Crippen molar-refractivity contribution < 1.29 is 13.9 Å². The largest absolute Gasteiger partial charge is 0.379 e. The minimum atomic E-state index is -0.648. The van der Waals surface area contributed by atoms with Gasteiger partial charge in [0.2, 0.25) is 5.95 Å². The molecule has 1 aromatic rings. The highest BCUT2D eigenvalue weighted by atomic mass is 19.1. The van der Waals surface area contributed by atoms with Crippen LogP contribution in [0.1, 0.15) is 16.8 Å². The molecule has 1 aliphatic rings. The minimum absolute atomic E-state index is 0.0359. The lowest BCUT2D eigenvalue weighted by Crippen LogP contribution is -2.35. The Morgan fingerprint density at radius 1 is 1.67 bits per heavy atom. The number of ether oxygens (including phenoxy) is 1. The molecule has 0 aromatic carbocycles. The maximum Gasteiger partial charge on any atom is 0.251 e. The monoisotopic (exact) mass is 210 g/mol. The Labute approximate surface area is 86.5 Å². The molecule has 1 N–H and O–H groups in total. The molecule has 1 aromatic heterocycles. The summed E-state index contributed by atoms with van der Waals surface area (Å²) in [6.45, 7) is 1.19. The standard InChI is InChI=1S/C10H11FN2O2/c11-9-5-7(1-3-12-9)10(14)13-8-2-4-15-6-8/h1,3,5,8H,2,4,6H2,(H,13,14). The molecule has 2 rings (SSSR count). The van der Waals surface area contributed by atoms with Gasteiger partial charge in [0.25, 0.3) is 5.91 Å². The molecule has 15 heavy (non-hydrogen) atoms. The fourth-order valence-corrected chi connectivity index (χ4v) is 1.46. The van der Waals surface area contributed by atoms with Crippen LogP contribution < -0.4 is 5.32 Å². The van der Waals surface area contributed by atoms with E-state index in [1.54, 1.807) is 0 Å². The van der Waals surface area contributed by atoms with E-state index in [4.69, 9.17) is 4.74 Å². The summed E-state index contributed by atoms with van der Waals surface area (Å²) < 4.78 is 17.8. The van der Waals surface area contributed by atoms with Crippen LogP contribution in [0.2, 0.25) is 0 Å². The first-order valence-electron chi connectivity index (χ1n) is 4.76. The van der Waals surface area contributed by atoms with Crippen molar-refractivity contribution >= 4 is 5.91 Å². The maximum absolute atomic E-state index is 12.7. The third-order valence-corrected chi connectivity index (χ3v) is 2.25. The summed E-state index contributed by atoms with van der Waals surface area (Å²) in [4.78, 5) is 15.0. The molecule has 1 saturated heterocycles. The normalized spacial score (nSPS) is 20.2. The first kappa shape index (κ1) is 10.0. The van der Waals surface area contributed by atoms with Crippen LogP contribution in [0.3, 0.4) is 0 Å². The van der Waals surface area contributed by atoms with Crippen molar-refractivity contribution in [2.24, 2.45) is 0 Å². The van der Waals surface area contributed by atoms with E-state index in [2.05, 4.69) is 10.3 Å². The van der Waals surface area contributed by atoms with Gasteiger partial charge in [-0.3, -0.25) is 4.79 Å². The van der Waals surface area contributed by atoms with Gasteiger partial charge in [-0.2, -0.15) is 4.39 Å². The van der Waals surface area contributed by atoms with E-state index in [0.29, 0.717) is 13.2 Å². The average molecular weight is 210 g/mol. The van der Waals surface area contributed by atoms with E-state index >= 15 is 0 Å². The summed E-state index contributed by atoms with van der Waals surface area (Å²) in [5.41, 5.74) is 0.286. The topological polar surface area (TPSA) is 51.2 Å². The molecule has 0 aliphatic carbocycles. The van der Waals surface area contributed by atoms with Crippen molar-refractivity contribution in [3.8, 4) is 0 Å². The number of pyridine rings is 1. The minimum Gasteiger partial charge on any atom is -0.379 e. The van der Waals surface area contributed by atoms with Crippen LogP contribution in [-0.2, 0) is 4.74 Å². The summed E-state index contributed by atoms with van der Waals surface area (Å²) in [5.74, 6) is -0.933. The highest BCUT2D eigenvalue weighted by Gasteiger charge is 2.18. The summed E-state index contributed by atoms with van der Waals surface area (Å²) in [6.07, 6.45) is 2.08. The van der Waals surface area contributed by atoms with Gasteiger partial charge in [0.15, 0.2) is 0 Å². The fraction of sp³-hybridized carbons (Fsp3) is 0.400. The quantitative estimate of drug-likeness (QED) is 0.732. The molecule has 0 radical (unpaired) electrons. The Kier molecular flexibility index (Phi) is 2.91. The maximum atomic E-state index is 12.7. The van der Waals surface area contributed by atoms with E-state index in [1.807, 2.05) is 0 Å². The molecule has 1 unspecified atom stereocenters. The smallest absolute Gasteiger partial charge is 0.251 e. The first-order valence-corrected chi connectivity index (χ1v) is 4.76. The molecule has 4 nitrogen and oxygen atoms in total. The van der Waals surface area contributed by atoms with Crippen LogP contribution in [0.25, 0.3) is 0 Å². The van der Waals surface area contributed by atoms with E-state index in [0.717, 1.165) is 12.5 Å². The molecule has 0 bridgehead atoms. The Hall–Kier alpha value is -1.49.